The maximum Gasteiger partial charge on any atom is 0.165 e. The first-order valence-electron chi connectivity index (χ1n) is 5.30. The van der Waals surface area contributed by atoms with Crippen LogP contribution >= 0.6 is 0 Å². The van der Waals surface area contributed by atoms with Crippen LogP contribution in [0.15, 0.2) is 0 Å². The number of hydrogen-bond donors (Lipinski definition) is 1. The highest BCUT2D eigenvalue weighted by Crippen LogP contribution is 2.34. The standard InChI is InChI=1S/C9H17N5O/c1-7(15)5-13(2)6-9-10-11-12-14(9)8-3-4-8/h7-8,15H,3-6H2,1-2H3. The van der Waals surface area contributed by atoms with Crippen molar-refractivity contribution in [2.24, 2.45) is 0 Å². The van der Waals surface area contributed by atoms with Gasteiger partial charge in [-0.15, -0.1) is 5.10 Å². The highest BCUT2D eigenvalue weighted by Gasteiger charge is 2.27. The molecule has 1 N–H and O–H groups in total. The molecule has 1 aliphatic carbocycles. The molecule has 0 amide bonds. The van der Waals surface area contributed by atoms with Crippen molar-refractivity contribution in [3.8, 4) is 0 Å². The Morgan fingerprint density at radius 3 is 2.93 bits per heavy atom. The van der Waals surface area contributed by atoms with Crippen molar-refractivity contribution >= 4 is 0 Å². The van der Waals surface area contributed by atoms with Gasteiger partial charge in [0.1, 0.15) is 0 Å². The van der Waals surface area contributed by atoms with Crippen LogP contribution in [-0.2, 0) is 6.54 Å². The number of nitrogens with zero attached hydrogens (tertiary/aromatic N) is 5. The van der Waals surface area contributed by atoms with Gasteiger partial charge in [0.2, 0.25) is 0 Å². The third-order valence-electron chi connectivity index (χ3n) is 2.44. The highest BCUT2D eigenvalue weighted by atomic mass is 16.3. The molecule has 0 saturated heterocycles. The molecule has 15 heavy (non-hydrogen) atoms. The molecule has 0 radical (unpaired) electrons. The van der Waals surface area contributed by atoms with Gasteiger partial charge in [-0.3, -0.25) is 4.90 Å². The third-order valence-corrected chi connectivity index (χ3v) is 2.44. The Labute approximate surface area is 88.9 Å². The van der Waals surface area contributed by atoms with Crippen LogP contribution in [0.5, 0.6) is 0 Å². The predicted octanol–water partition coefficient (Wildman–Crippen LogP) is -0.179. The zero-order chi connectivity index (χ0) is 10.8. The fraction of sp³-hybridized carbons (Fsp3) is 0.889. The van der Waals surface area contributed by atoms with Gasteiger partial charge >= 0.3 is 0 Å². The van der Waals surface area contributed by atoms with Crippen molar-refractivity contribution in [1.29, 1.82) is 0 Å². The van der Waals surface area contributed by atoms with Gasteiger partial charge in [0.15, 0.2) is 5.82 Å². The fourth-order valence-corrected chi connectivity index (χ4v) is 1.68. The summed E-state index contributed by atoms with van der Waals surface area (Å²) in [6.07, 6.45) is 2.04. The van der Waals surface area contributed by atoms with Crippen molar-refractivity contribution in [3.05, 3.63) is 5.82 Å². The van der Waals surface area contributed by atoms with E-state index in [-0.39, 0.29) is 6.10 Å². The molecule has 84 valence electrons. The van der Waals surface area contributed by atoms with Gasteiger partial charge in [-0.1, -0.05) is 0 Å². The second-order valence-corrected chi connectivity index (χ2v) is 4.32. The second kappa shape index (κ2) is 4.24. The van der Waals surface area contributed by atoms with Crippen molar-refractivity contribution in [2.45, 2.75) is 38.5 Å². The maximum absolute atomic E-state index is 9.24. The quantitative estimate of drug-likeness (QED) is 0.732. The SMILES string of the molecule is CC(O)CN(C)Cc1nnnn1C1CC1. The zero-order valence-electron chi connectivity index (χ0n) is 9.17. The molecular formula is C9H17N5O. The number of likely N-dealkylation sites (N-methyl/N-ethyl adjacent to an activating group) is 1. The summed E-state index contributed by atoms with van der Waals surface area (Å²) in [6.45, 7) is 3.10. The van der Waals surface area contributed by atoms with Crippen LogP contribution in [0.3, 0.4) is 0 Å². The first kappa shape index (κ1) is 10.5. The minimum Gasteiger partial charge on any atom is -0.392 e. The van der Waals surface area contributed by atoms with Crippen LogP contribution in [0.2, 0.25) is 0 Å². The highest BCUT2D eigenvalue weighted by molar-refractivity contribution is 4.90. The molecule has 1 aliphatic rings. The van der Waals surface area contributed by atoms with Crippen molar-refractivity contribution in [1.82, 2.24) is 25.1 Å². The molecule has 1 aromatic rings. The fourth-order valence-electron chi connectivity index (χ4n) is 1.68. The van der Waals surface area contributed by atoms with E-state index in [1.54, 1.807) is 6.92 Å². The average molecular weight is 211 g/mol. The lowest BCUT2D eigenvalue weighted by Gasteiger charge is -2.17. The molecule has 0 aliphatic heterocycles. The van der Waals surface area contributed by atoms with E-state index in [4.69, 9.17) is 0 Å². The van der Waals surface area contributed by atoms with Gasteiger partial charge in [0.25, 0.3) is 0 Å². The normalized spacial score (nSPS) is 18.4. The van der Waals surface area contributed by atoms with Gasteiger partial charge in [0.05, 0.1) is 18.7 Å². The molecule has 6 heteroatoms. The molecule has 1 unspecified atom stereocenters. The van der Waals surface area contributed by atoms with Crippen LogP contribution in [0.4, 0.5) is 0 Å². The smallest absolute Gasteiger partial charge is 0.165 e. The van der Waals surface area contributed by atoms with Crippen LogP contribution in [0, 0.1) is 0 Å². The Morgan fingerprint density at radius 2 is 2.33 bits per heavy atom. The van der Waals surface area contributed by atoms with E-state index in [0.29, 0.717) is 19.1 Å². The van der Waals surface area contributed by atoms with Gasteiger partial charge in [-0.05, 0) is 37.2 Å². The molecule has 1 heterocycles. The predicted molar refractivity (Wildman–Crippen MR) is 54.1 cm³/mol. The number of aromatic nitrogens is 4. The number of aliphatic hydroxyl groups excluding tert-OH is 1. The zero-order valence-corrected chi connectivity index (χ0v) is 9.17. The molecular weight excluding hydrogens is 194 g/mol. The topological polar surface area (TPSA) is 67.1 Å². The Balaban J connectivity index is 1.94. The van der Waals surface area contributed by atoms with E-state index in [2.05, 4.69) is 15.5 Å². The summed E-state index contributed by atoms with van der Waals surface area (Å²) < 4.78 is 1.90. The number of aliphatic hydroxyl groups is 1. The molecule has 1 aromatic heterocycles. The molecule has 0 aromatic carbocycles. The Kier molecular flexibility index (Phi) is 2.97. The summed E-state index contributed by atoms with van der Waals surface area (Å²) in [6, 6.07) is 0.509. The van der Waals surface area contributed by atoms with Crippen molar-refractivity contribution in [2.75, 3.05) is 13.6 Å². The lowest BCUT2D eigenvalue weighted by molar-refractivity contribution is 0.136. The van der Waals surface area contributed by atoms with E-state index in [1.165, 1.54) is 12.8 Å². The van der Waals surface area contributed by atoms with E-state index >= 15 is 0 Å². The largest absolute Gasteiger partial charge is 0.392 e. The minimum absolute atomic E-state index is 0.319. The number of hydrogen-bond acceptors (Lipinski definition) is 5. The van der Waals surface area contributed by atoms with E-state index in [9.17, 15) is 5.11 Å². The minimum atomic E-state index is -0.319. The molecule has 1 atom stereocenters. The lowest BCUT2D eigenvalue weighted by atomic mass is 10.3. The van der Waals surface area contributed by atoms with E-state index < -0.39 is 0 Å². The van der Waals surface area contributed by atoms with Gasteiger partial charge < -0.3 is 5.11 Å². The Bertz CT molecular complexity index is 320. The number of tetrazole rings is 1. The Morgan fingerprint density at radius 1 is 1.60 bits per heavy atom. The van der Waals surface area contributed by atoms with E-state index in [0.717, 1.165) is 5.82 Å². The second-order valence-electron chi connectivity index (χ2n) is 4.32. The van der Waals surface area contributed by atoms with Gasteiger partial charge in [-0.2, -0.15) is 0 Å². The molecule has 2 rings (SSSR count). The first-order chi connectivity index (χ1) is 7.16. The van der Waals surface area contributed by atoms with Crippen molar-refractivity contribution in [3.63, 3.8) is 0 Å². The van der Waals surface area contributed by atoms with Crippen LogP contribution in [-0.4, -0.2) is 49.9 Å². The lowest BCUT2D eigenvalue weighted by Crippen LogP contribution is -2.28. The molecule has 0 spiro atoms. The van der Waals surface area contributed by atoms with Crippen LogP contribution in [0.25, 0.3) is 0 Å². The molecule has 6 nitrogen and oxygen atoms in total. The first-order valence-corrected chi connectivity index (χ1v) is 5.30. The summed E-state index contributed by atoms with van der Waals surface area (Å²) in [5.74, 6) is 0.889. The van der Waals surface area contributed by atoms with Gasteiger partial charge in [-0.25, -0.2) is 4.68 Å². The average Bonchev–Trinajstić information content (AvgIpc) is 2.87. The molecule has 0 bridgehead atoms. The van der Waals surface area contributed by atoms with Crippen LogP contribution < -0.4 is 0 Å². The van der Waals surface area contributed by atoms with Crippen LogP contribution in [0.1, 0.15) is 31.6 Å². The van der Waals surface area contributed by atoms with Gasteiger partial charge in [0, 0.05) is 6.54 Å². The summed E-state index contributed by atoms with van der Waals surface area (Å²) in [4.78, 5) is 2.02. The Hall–Kier alpha value is -1.01. The summed E-state index contributed by atoms with van der Waals surface area (Å²) in [5, 5.41) is 20.9. The molecule has 1 saturated carbocycles. The summed E-state index contributed by atoms with van der Waals surface area (Å²) in [5.41, 5.74) is 0. The summed E-state index contributed by atoms with van der Waals surface area (Å²) >= 11 is 0. The monoisotopic (exact) mass is 211 g/mol. The third kappa shape index (κ3) is 2.73. The van der Waals surface area contributed by atoms with Crippen molar-refractivity contribution < 1.29 is 5.11 Å². The van der Waals surface area contributed by atoms with E-state index in [1.807, 2.05) is 16.6 Å². The maximum atomic E-state index is 9.24. The molecule has 1 fully saturated rings. The number of rotatable bonds is 5. The summed E-state index contributed by atoms with van der Waals surface area (Å²) in [7, 11) is 1.96.